The number of rotatable bonds is 1. The second-order valence-electron chi connectivity index (χ2n) is 2.08. The van der Waals surface area contributed by atoms with Crippen LogP contribution in [-0.2, 0) is 4.74 Å². The van der Waals surface area contributed by atoms with Crippen molar-refractivity contribution in [3.63, 3.8) is 0 Å². The van der Waals surface area contributed by atoms with Crippen molar-refractivity contribution >= 4 is 5.97 Å². The first-order valence-corrected chi connectivity index (χ1v) is 3.26. The summed E-state index contributed by atoms with van der Waals surface area (Å²) in [7, 11) is 1.15. The van der Waals surface area contributed by atoms with Gasteiger partial charge in [-0.1, -0.05) is 0 Å². The van der Waals surface area contributed by atoms with Gasteiger partial charge in [-0.2, -0.15) is 5.26 Å². The maximum absolute atomic E-state index is 11.0. The van der Waals surface area contributed by atoms with E-state index in [1.165, 1.54) is 0 Å². The van der Waals surface area contributed by atoms with E-state index in [2.05, 4.69) is 14.7 Å². The molecule has 0 spiro atoms. The zero-order valence-corrected chi connectivity index (χ0v) is 6.70. The van der Waals surface area contributed by atoms with Gasteiger partial charge in [-0.25, -0.2) is 14.6 Å². The molecule has 6 heteroatoms. The summed E-state index contributed by atoms with van der Waals surface area (Å²) in [6.45, 7) is 0. The second kappa shape index (κ2) is 3.49. The van der Waals surface area contributed by atoms with E-state index in [1.54, 1.807) is 6.07 Å². The molecular weight excluding hydrogens is 174 g/mol. The van der Waals surface area contributed by atoms with Gasteiger partial charge in [0.05, 0.1) is 13.3 Å². The fraction of sp³-hybridized carbons (Fsp3) is 0.143. The Morgan fingerprint density at radius 3 is 3.00 bits per heavy atom. The SMILES string of the molecule is COC(=O)c1[nH]c(=O)ncc1C#N. The van der Waals surface area contributed by atoms with Gasteiger partial charge >= 0.3 is 11.7 Å². The molecule has 6 nitrogen and oxygen atoms in total. The summed E-state index contributed by atoms with van der Waals surface area (Å²) >= 11 is 0. The summed E-state index contributed by atoms with van der Waals surface area (Å²) in [5.41, 5.74) is -0.893. The second-order valence-corrected chi connectivity index (χ2v) is 2.08. The van der Waals surface area contributed by atoms with Gasteiger partial charge in [-0.3, -0.25) is 4.98 Å². The number of hydrogen-bond donors (Lipinski definition) is 1. The normalized spacial score (nSPS) is 8.92. The van der Waals surface area contributed by atoms with E-state index in [-0.39, 0.29) is 11.3 Å². The predicted molar refractivity (Wildman–Crippen MR) is 40.9 cm³/mol. The Hall–Kier alpha value is -2.16. The van der Waals surface area contributed by atoms with Crippen LogP contribution in [0.3, 0.4) is 0 Å². The monoisotopic (exact) mass is 179 g/mol. The van der Waals surface area contributed by atoms with E-state index in [9.17, 15) is 9.59 Å². The predicted octanol–water partition coefficient (Wildman–Crippen LogP) is -0.572. The molecule has 0 fully saturated rings. The number of hydrogen-bond acceptors (Lipinski definition) is 5. The number of esters is 1. The fourth-order valence-corrected chi connectivity index (χ4v) is 0.742. The average Bonchev–Trinajstić information content (AvgIpc) is 2.16. The van der Waals surface area contributed by atoms with Crippen LogP contribution in [0, 0.1) is 11.3 Å². The number of ether oxygens (including phenoxy) is 1. The van der Waals surface area contributed by atoms with Crippen LogP contribution < -0.4 is 5.69 Å². The van der Waals surface area contributed by atoms with Crippen molar-refractivity contribution < 1.29 is 9.53 Å². The number of aromatic nitrogens is 2. The van der Waals surface area contributed by atoms with Gasteiger partial charge in [0.1, 0.15) is 17.3 Å². The number of carbonyl (C=O) groups excluding carboxylic acids is 1. The minimum Gasteiger partial charge on any atom is -0.464 e. The third-order valence-electron chi connectivity index (χ3n) is 1.32. The lowest BCUT2D eigenvalue weighted by molar-refractivity contribution is 0.0593. The number of nitrogens with zero attached hydrogens (tertiary/aromatic N) is 2. The van der Waals surface area contributed by atoms with E-state index in [1.807, 2.05) is 0 Å². The highest BCUT2D eigenvalue weighted by molar-refractivity contribution is 5.89. The standard InChI is InChI=1S/C7H5N3O3/c1-13-6(11)5-4(2-8)3-9-7(12)10-5/h3H,1H3,(H,9,10,12). The van der Waals surface area contributed by atoms with Crippen LogP contribution in [0.5, 0.6) is 0 Å². The number of nitriles is 1. The molecular formula is C7H5N3O3. The highest BCUT2D eigenvalue weighted by atomic mass is 16.5. The van der Waals surface area contributed by atoms with Crippen molar-refractivity contribution in [3.05, 3.63) is 27.9 Å². The zero-order valence-electron chi connectivity index (χ0n) is 6.70. The number of methoxy groups -OCH3 is 1. The third-order valence-corrected chi connectivity index (χ3v) is 1.32. The first-order chi connectivity index (χ1) is 6.19. The van der Waals surface area contributed by atoms with E-state index in [0.717, 1.165) is 13.3 Å². The van der Waals surface area contributed by atoms with Crippen LogP contribution in [0.15, 0.2) is 11.0 Å². The molecule has 0 unspecified atom stereocenters. The van der Waals surface area contributed by atoms with E-state index < -0.39 is 11.7 Å². The molecule has 0 saturated heterocycles. The van der Waals surface area contributed by atoms with Crippen LogP contribution in [-0.4, -0.2) is 23.0 Å². The molecule has 1 rings (SSSR count). The summed E-state index contributed by atoms with van der Waals surface area (Å²) in [4.78, 5) is 27.1. The first-order valence-electron chi connectivity index (χ1n) is 3.26. The summed E-state index contributed by atoms with van der Waals surface area (Å²) in [6.07, 6.45) is 1.02. The van der Waals surface area contributed by atoms with Gasteiger partial charge in [0.25, 0.3) is 0 Å². The van der Waals surface area contributed by atoms with Crippen LogP contribution >= 0.6 is 0 Å². The zero-order chi connectivity index (χ0) is 9.84. The van der Waals surface area contributed by atoms with Gasteiger partial charge < -0.3 is 4.74 Å². The van der Waals surface area contributed by atoms with Crippen LogP contribution in [0.1, 0.15) is 16.1 Å². The molecule has 0 atom stereocenters. The molecule has 0 saturated carbocycles. The van der Waals surface area contributed by atoms with Gasteiger partial charge in [0.2, 0.25) is 0 Å². The van der Waals surface area contributed by atoms with Crippen molar-refractivity contribution in [3.8, 4) is 6.07 Å². The molecule has 0 aromatic carbocycles. The lowest BCUT2D eigenvalue weighted by atomic mass is 10.2. The summed E-state index contributed by atoms with van der Waals surface area (Å²) in [5, 5.41) is 8.53. The number of nitrogens with one attached hydrogen (secondary N) is 1. The van der Waals surface area contributed by atoms with E-state index in [0.29, 0.717) is 0 Å². The maximum atomic E-state index is 11.0. The quantitative estimate of drug-likeness (QED) is 0.582. The van der Waals surface area contributed by atoms with E-state index in [4.69, 9.17) is 5.26 Å². The molecule has 66 valence electrons. The van der Waals surface area contributed by atoms with Gasteiger partial charge in [-0.05, 0) is 0 Å². The minimum atomic E-state index is -0.768. The highest BCUT2D eigenvalue weighted by Gasteiger charge is 2.12. The third kappa shape index (κ3) is 1.70. The number of carbonyl (C=O) groups is 1. The summed E-state index contributed by atoms with van der Waals surface area (Å²) in [5.74, 6) is -0.768. The molecule has 0 radical (unpaired) electrons. The van der Waals surface area contributed by atoms with Crippen LogP contribution in [0.25, 0.3) is 0 Å². The largest absolute Gasteiger partial charge is 0.464 e. The lowest BCUT2D eigenvalue weighted by Crippen LogP contribution is -2.18. The highest BCUT2D eigenvalue weighted by Crippen LogP contribution is 2.00. The van der Waals surface area contributed by atoms with Crippen molar-refractivity contribution in [2.45, 2.75) is 0 Å². The van der Waals surface area contributed by atoms with Crippen LogP contribution in [0.4, 0.5) is 0 Å². The van der Waals surface area contributed by atoms with Gasteiger partial charge in [0.15, 0.2) is 0 Å². The van der Waals surface area contributed by atoms with Crippen molar-refractivity contribution in [1.82, 2.24) is 9.97 Å². The molecule has 0 bridgehead atoms. The molecule has 1 aromatic rings. The maximum Gasteiger partial charge on any atom is 0.356 e. The Labute approximate surface area is 72.8 Å². The first kappa shape index (κ1) is 8.93. The Morgan fingerprint density at radius 1 is 1.77 bits per heavy atom. The molecule has 0 aliphatic carbocycles. The smallest absolute Gasteiger partial charge is 0.356 e. The molecule has 1 heterocycles. The summed E-state index contributed by atoms with van der Waals surface area (Å²) < 4.78 is 4.35. The summed E-state index contributed by atoms with van der Waals surface area (Å²) in [6, 6.07) is 1.70. The Balaban J connectivity index is 3.34. The van der Waals surface area contributed by atoms with Gasteiger partial charge in [0, 0.05) is 0 Å². The minimum absolute atomic E-state index is 0.0218. The van der Waals surface area contributed by atoms with Crippen molar-refractivity contribution in [2.75, 3.05) is 7.11 Å². The molecule has 1 aromatic heterocycles. The van der Waals surface area contributed by atoms with E-state index >= 15 is 0 Å². The number of aromatic amines is 1. The van der Waals surface area contributed by atoms with Crippen molar-refractivity contribution in [1.29, 1.82) is 5.26 Å². The topological polar surface area (TPSA) is 95.8 Å². The van der Waals surface area contributed by atoms with Crippen molar-refractivity contribution in [2.24, 2.45) is 0 Å². The van der Waals surface area contributed by atoms with Crippen LogP contribution in [0.2, 0.25) is 0 Å². The molecule has 0 aliphatic heterocycles. The molecule has 0 amide bonds. The fourth-order valence-electron chi connectivity index (χ4n) is 0.742. The Morgan fingerprint density at radius 2 is 2.46 bits per heavy atom. The molecule has 0 aliphatic rings. The molecule has 1 N–H and O–H groups in total. The lowest BCUT2D eigenvalue weighted by Gasteiger charge is -1.98. The Kier molecular flexibility index (Phi) is 2.40. The Bertz CT molecular complexity index is 429. The average molecular weight is 179 g/mol. The van der Waals surface area contributed by atoms with Gasteiger partial charge in [-0.15, -0.1) is 0 Å². The number of H-pyrrole nitrogens is 1. The molecule has 13 heavy (non-hydrogen) atoms.